The summed E-state index contributed by atoms with van der Waals surface area (Å²) in [4.78, 5) is 16.4. The van der Waals surface area contributed by atoms with Gasteiger partial charge in [0.15, 0.2) is 5.96 Å². The molecule has 0 aliphatic carbocycles. The van der Waals surface area contributed by atoms with E-state index in [9.17, 15) is 4.79 Å². The topological polar surface area (TPSA) is 74.8 Å². The predicted octanol–water partition coefficient (Wildman–Crippen LogP) is 3.69. The molecule has 8 heteroatoms. The van der Waals surface area contributed by atoms with E-state index in [0.29, 0.717) is 29.6 Å². The van der Waals surface area contributed by atoms with Crippen LogP contribution in [0.15, 0.2) is 29.3 Å². The highest BCUT2D eigenvalue weighted by Crippen LogP contribution is 2.33. The first-order chi connectivity index (χ1) is 13.3. The summed E-state index contributed by atoms with van der Waals surface area (Å²) in [7, 11) is 1.75. The number of nitrogens with zero attached hydrogens (tertiary/aromatic N) is 1. The fourth-order valence-electron chi connectivity index (χ4n) is 3.56. The Balaban J connectivity index is 0.00000420. The molecule has 2 rings (SSSR count). The SMILES string of the molecule is CN=C(NCCNC(=O)c1ccccc1Cl)NCC1CCCOC1C(C)(C)C.I. The van der Waals surface area contributed by atoms with E-state index in [0.717, 1.165) is 32.0 Å². The van der Waals surface area contributed by atoms with Gasteiger partial charge in [0, 0.05) is 39.2 Å². The Morgan fingerprint density at radius 2 is 1.90 bits per heavy atom. The van der Waals surface area contributed by atoms with E-state index in [1.54, 1.807) is 31.3 Å². The molecule has 164 valence electrons. The van der Waals surface area contributed by atoms with E-state index in [1.165, 1.54) is 0 Å². The fraction of sp³-hybridized carbons (Fsp3) is 0.619. The lowest BCUT2D eigenvalue weighted by atomic mass is 9.78. The van der Waals surface area contributed by atoms with Gasteiger partial charge in [-0.05, 0) is 30.4 Å². The molecule has 1 aromatic carbocycles. The number of nitrogens with one attached hydrogen (secondary N) is 3. The number of halogens is 2. The van der Waals surface area contributed by atoms with E-state index in [1.807, 2.05) is 0 Å². The number of carbonyl (C=O) groups excluding carboxylic acids is 1. The van der Waals surface area contributed by atoms with Crippen molar-refractivity contribution in [1.29, 1.82) is 0 Å². The highest BCUT2D eigenvalue weighted by Gasteiger charge is 2.35. The standard InChI is InChI=1S/C21H33ClN4O2.HI/c1-21(2,3)18-15(8-7-13-28-18)14-26-20(23-4)25-12-11-24-19(27)16-9-5-6-10-17(16)22;/h5-6,9-10,15,18H,7-8,11-14H2,1-4H3,(H,24,27)(H2,23,25,26);1H. The normalized spacial score (nSPS) is 19.8. The Bertz CT molecular complexity index is 679. The number of carbonyl (C=O) groups is 1. The second kappa shape index (κ2) is 12.6. The summed E-state index contributed by atoms with van der Waals surface area (Å²) in [5, 5.41) is 9.94. The van der Waals surface area contributed by atoms with Crippen LogP contribution in [-0.4, -0.2) is 51.3 Å². The maximum atomic E-state index is 12.2. The minimum absolute atomic E-state index is 0. The van der Waals surface area contributed by atoms with Gasteiger partial charge in [-0.25, -0.2) is 0 Å². The summed E-state index contributed by atoms with van der Waals surface area (Å²) in [5.41, 5.74) is 0.601. The Kier molecular flexibility index (Phi) is 11.3. The molecule has 1 aliphatic rings. The van der Waals surface area contributed by atoms with E-state index >= 15 is 0 Å². The summed E-state index contributed by atoms with van der Waals surface area (Å²) >= 11 is 6.05. The second-order valence-electron chi connectivity index (χ2n) is 8.18. The number of aliphatic imine (C=N–C) groups is 1. The van der Waals surface area contributed by atoms with E-state index in [2.05, 4.69) is 41.7 Å². The lowest BCUT2D eigenvalue weighted by Crippen LogP contribution is -2.48. The Morgan fingerprint density at radius 1 is 1.21 bits per heavy atom. The van der Waals surface area contributed by atoms with Gasteiger partial charge in [-0.3, -0.25) is 9.79 Å². The van der Waals surface area contributed by atoms with Crippen LogP contribution < -0.4 is 16.0 Å². The van der Waals surface area contributed by atoms with Crippen molar-refractivity contribution in [2.45, 2.75) is 39.7 Å². The van der Waals surface area contributed by atoms with E-state index in [4.69, 9.17) is 16.3 Å². The zero-order valence-electron chi connectivity index (χ0n) is 17.8. The first kappa shape index (κ1) is 26.0. The van der Waals surface area contributed by atoms with Crippen molar-refractivity contribution in [2.75, 3.05) is 33.3 Å². The lowest BCUT2D eigenvalue weighted by Gasteiger charge is -2.40. The van der Waals surface area contributed by atoms with Gasteiger partial charge in [-0.2, -0.15) is 0 Å². The van der Waals surface area contributed by atoms with E-state index < -0.39 is 0 Å². The molecular weight excluding hydrogens is 503 g/mol. The summed E-state index contributed by atoms with van der Waals surface area (Å²) < 4.78 is 6.04. The third kappa shape index (κ3) is 8.30. The summed E-state index contributed by atoms with van der Waals surface area (Å²) in [6, 6.07) is 7.02. The van der Waals surface area contributed by atoms with Gasteiger partial charge in [0.1, 0.15) is 0 Å². The van der Waals surface area contributed by atoms with Crippen molar-refractivity contribution >= 4 is 47.4 Å². The molecule has 1 amide bonds. The fourth-order valence-corrected chi connectivity index (χ4v) is 3.78. The first-order valence-electron chi connectivity index (χ1n) is 9.91. The van der Waals surface area contributed by atoms with Crippen molar-refractivity contribution < 1.29 is 9.53 Å². The molecule has 0 aromatic heterocycles. The molecule has 1 heterocycles. The number of guanidine groups is 1. The molecule has 1 fully saturated rings. The molecule has 2 atom stereocenters. The minimum Gasteiger partial charge on any atom is -0.377 e. The van der Waals surface area contributed by atoms with Gasteiger partial charge in [-0.15, -0.1) is 24.0 Å². The van der Waals surface area contributed by atoms with Crippen molar-refractivity contribution in [3.05, 3.63) is 34.9 Å². The van der Waals surface area contributed by atoms with Gasteiger partial charge in [-0.1, -0.05) is 44.5 Å². The molecule has 6 nitrogen and oxygen atoms in total. The van der Waals surface area contributed by atoms with Gasteiger partial charge >= 0.3 is 0 Å². The molecule has 0 bridgehead atoms. The van der Waals surface area contributed by atoms with Crippen molar-refractivity contribution in [2.24, 2.45) is 16.3 Å². The number of amides is 1. The molecule has 0 saturated carbocycles. The van der Waals surface area contributed by atoms with Crippen LogP contribution in [0.1, 0.15) is 44.0 Å². The quantitative estimate of drug-likeness (QED) is 0.224. The molecular formula is C21H34ClIN4O2. The Hall–Kier alpha value is -1.06. The zero-order valence-corrected chi connectivity index (χ0v) is 20.8. The molecule has 3 N–H and O–H groups in total. The minimum atomic E-state index is -0.178. The third-order valence-corrected chi connectivity index (χ3v) is 5.20. The number of hydrogen-bond donors (Lipinski definition) is 3. The van der Waals surface area contributed by atoms with Gasteiger partial charge in [0.25, 0.3) is 5.91 Å². The van der Waals surface area contributed by atoms with Crippen LogP contribution in [0.25, 0.3) is 0 Å². The molecule has 1 aliphatic heterocycles. The van der Waals surface area contributed by atoms with Crippen LogP contribution in [-0.2, 0) is 4.74 Å². The van der Waals surface area contributed by atoms with Crippen LogP contribution in [0.4, 0.5) is 0 Å². The molecule has 0 radical (unpaired) electrons. The highest BCUT2D eigenvalue weighted by atomic mass is 127. The smallest absolute Gasteiger partial charge is 0.252 e. The molecule has 1 saturated heterocycles. The van der Waals surface area contributed by atoms with Crippen LogP contribution in [0, 0.1) is 11.3 Å². The van der Waals surface area contributed by atoms with Crippen molar-refractivity contribution in [3.63, 3.8) is 0 Å². The van der Waals surface area contributed by atoms with Gasteiger partial charge in [0.05, 0.1) is 16.7 Å². The first-order valence-corrected chi connectivity index (χ1v) is 10.3. The van der Waals surface area contributed by atoms with Gasteiger partial charge < -0.3 is 20.7 Å². The molecule has 1 aromatic rings. The lowest BCUT2D eigenvalue weighted by molar-refractivity contribution is -0.0835. The van der Waals surface area contributed by atoms with Crippen molar-refractivity contribution in [3.8, 4) is 0 Å². The summed E-state index contributed by atoms with van der Waals surface area (Å²) in [6.07, 6.45) is 2.49. The maximum absolute atomic E-state index is 12.2. The highest BCUT2D eigenvalue weighted by molar-refractivity contribution is 14.0. The third-order valence-electron chi connectivity index (χ3n) is 4.88. The maximum Gasteiger partial charge on any atom is 0.252 e. The summed E-state index contributed by atoms with van der Waals surface area (Å²) in [6.45, 7) is 9.38. The number of benzene rings is 1. The zero-order chi connectivity index (χ0) is 20.6. The number of hydrogen-bond acceptors (Lipinski definition) is 3. The van der Waals surface area contributed by atoms with Crippen LogP contribution >= 0.6 is 35.6 Å². The van der Waals surface area contributed by atoms with Crippen molar-refractivity contribution in [1.82, 2.24) is 16.0 Å². The number of ether oxygens (including phenoxy) is 1. The predicted molar refractivity (Wildman–Crippen MR) is 130 cm³/mol. The largest absolute Gasteiger partial charge is 0.377 e. The molecule has 0 spiro atoms. The van der Waals surface area contributed by atoms with Crippen LogP contribution in [0.5, 0.6) is 0 Å². The van der Waals surface area contributed by atoms with E-state index in [-0.39, 0.29) is 41.4 Å². The number of rotatable bonds is 6. The molecule has 29 heavy (non-hydrogen) atoms. The van der Waals surface area contributed by atoms with Crippen LogP contribution in [0.3, 0.4) is 0 Å². The van der Waals surface area contributed by atoms with Gasteiger partial charge in [0.2, 0.25) is 0 Å². The summed E-state index contributed by atoms with van der Waals surface area (Å²) in [5.74, 6) is 1.00. The average molecular weight is 537 g/mol. The second-order valence-corrected chi connectivity index (χ2v) is 8.58. The Morgan fingerprint density at radius 3 is 2.55 bits per heavy atom. The van der Waals surface area contributed by atoms with Crippen LogP contribution in [0.2, 0.25) is 5.02 Å². The monoisotopic (exact) mass is 536 g/mol. The Labute approximate surface area is 196 Å². The molecule has 2 unspecified atom stereocenters. The average Bonchev–Trinajstić information content (AvgIpc) is 2.67.